The number of rotatable bonds is 6. The van der Waals surface area contributed by atoms with E-state index in [1.807, 2.05) is 6.08 Å². The van der Waals surface area contributed by atoms with Crippen molar-refractivity contribution in [2.75, 3.05) is 73.6 Å². The maximum Gasteiger partial charge on any atom is 0.229 e. The van der Waals surface area contributed by atoms with Crippen molar-refractivity contribution in [3.8, 4) is 0 Å². The Kier molecular flexibility index (Phi) is 7.81. The number of fused-ring (bicyclic) bond motifs is 5. The predicted molar refractivity (Wildman–Crippen MR) is 183 cm³/mol. The normalized spacial score (nSPS) is 37.7. The number of hydrogen-bond donors (Lipinski definition) is 0. The van der Waals surface area contributed by atoms with Crippen LogP contribution in [0.4, 0.5) is 17.6 Å². The van der Waals surface area contributed by atoms with Crippen molar-refractivity contribution in [1.29, 1.82) is 0 Å². The van der Waals surface area contributed by atoms with Gasteiger partial charge in [-0.25, -0.2) is 0 Å². The second-order valence-corrected chi connectivity index (χ2v) is 16.3. The second kappa shape index (κ2) is 11.7. The van der Waals surface area contributed by atoms with Gasteiger partial charge in [-0.1, -0.05) is 38.5 Å². The maximum atomic E-state index is 14.2. The fraction of sp³-hybridized carbons (Fsp3) is 0.737. The lowest BCUT2D eigenvalue weighted by Crippen LogP contribution is -2.51. The predicted octanol–water partition coefficient (Wildman–Crippen LogP) is 5.54. The van der Waals surface area contributed by atoms with Gasteiger partial charge in [0.2, 0.25) is 5.95 Å². The third kappa shape index (κ3) is 5.12. The molecule has 4 heterocycles. The van der Waals surface area contributed by atoms with Gasteiger partial charge >= 0.3 is 0 Å². The van der Waals surface area contributed by atoms with Crippen molar-refractivity contribution in [2.45, 2.75) is 78.6 Å². The highest BCUT2D eigenvalue weighted by Crippen LogP contribution is 2.65. The van der Waals surface area contributed by atoms with Crippen molar-refractivity contribution in [1.82, 2.24) is 14.9 Å². The van der Waals surface area contributed by atoms with E-state index < -0.39 is 0 Å². The Balaban J connectivity index is 0.945. The van der Waals surface area contributed by atoms with Gasteiger partial charge in [-0.3, -0.25) is 14.5 Å². The van der Waals surface area contributed by atoms with Crippen LogP contribution in [-0.2, 0) is 9.59 Å². The Morgan fingerprint density at radius 1 is 0.891 bits per heavy atom. The number of nitrogens with zero attached hydrogens (tertiary/aromatic N) is 6. The molecule has 0 amide bonds. The van der Waals surface area contributed by atoms with Gasteiger partial charge in [-0.2, -0.15) is 9.97 Å². The number of aromatic nitrogens is 2. The first kappa shape index (κ1) is 30.6. The highest BCUT2D eigenvalue weighted by atomic mass is 16.1. The summed E-state index contributed by atoms with van der Waals surface area (Å²) in [6.07, 6.45) is 16.7. The van der Waals surface area contributed by atoms with E-state index in [1.165, 1.54) is 32.1 Å². The van der Waals surface area contributed by atoms with Crippen molar-refractivity contribution in [2.24, 2.45) is 40.4 Å². The third-order valence-electron chi connectivity index (χ3n) is 13.7. The molecule has 4 aliphatic carbocycles. The molecule has 3 saturated heterocycles. The minimum Gasteiger partial charge on any atom is -0.356 e. The van der Waals surface area contributed by atoms with E-state index in [9.17, 15) is 9.59 Å². The Labute approximate surface area is 275 Å². The van der Waals surface area contributed by atoms with Crippen molar-refractivity contribution >= 4 is 29.2 Å². The zero-order valence-electron chi connectivity index (χ0n) is 28.4. The number of carbonyl (C=O) groups excluding carboxylic acids is 2. The lowest BCUT2D eigenvalue weighted by atomic mass is 9.50. The van der Waals surface area contributed by atoms with Crippen LogP contribution in [0.3, 0.4) is 0 Å². The molecule has 0 spiro atoms. The van der Waals surface area contributed by atoms with E-state index in [0.29, 0.717) is 48.2 Å². The summed E-state index contributed by atoms with van der Waals surface area (Å²) in [7, 11) is 0. The van der Waals surface area contributed by atoms with Gasteiger partial charge in [-0.05, 0) is 86.5 Å². The SMILES string of the molecule is CC1C[C@H]2[C@@H]3CCC4CC(=O)C=C[C@]4(C)C3=CC[C@]2(C)[C@H]1C(=O)CN1CCN(c2cc(N3CCCC3)nc(N3CCCC3)n2)CC1. The number of carbonyl (C=O) groups is 2. The average molecular weight is 627 g/mol. The van der Waals surface area contributed by atoms with Crippen LogP contribution in [0.5, 0.6) is 0 Å². The number of hydrogen-bond acceptors (Lipinski definition) is 8. The van der Waals surface area contributed by atoms with E-state index >= 15 is 0 Å². The summed E-state index contributed by atoms with van der Waals surface area (Å²) in [5, 5.41) is 0. The fourth-order valence-electron chi connectivity index (χ4n) is 11.2. The summed E-state index contributed by atoms with van der Waals surface area (Å²) in [5.41, 5.74) is 1.62. The summed E-state index contributed by atoms with van der Waals surface area (Å²) < 4.78 is 0. The monoisotopic (exact) mass is 626 g/mol. The molecule has 0 radical (unpaired) electrons. The highest BCUT2D eigenvalue weighted by Gasteiger charge is 2.60. The van der Waals surface area contributed by atoms with Crippen LogP contribution in [-0.4, -0.2) is 85.3 Å². The maximum absolute atomic E-state index is 14.2. The molecule has 1 aromatic rings. The average Bonchev–Trinajstić information content (AvgIpc) is 3.83. The number of ketones is 2. The fourth-order valence-corrected chi connectivity index (χ4v) is 11.2. The Hall–Kier alpha value is -2.74. The molecule has 1 aromatic heterocycles. The summed E-state index contributed by atoms with van der Waals surface area (Å²) in [6, 6.07) is 2.21. The van der Waals surface area contributed by atoms with Crippen molar-refractivity contribution < 1.29 is 9.59 Å². The van der Waals surface area contributed by atoms with Crippen LogP contribution in [0.25, 0.3) is 0 Å². The van der Waals surface area contributed by atoms with E-state index in [-0.39, 0.29) is 16.7 Å². The molecule has 3 aliphatic heterocycles. The minimum absolute atomic E-state index is 0.0112. The summed E-state index contributed by atoms with van der Waals surface area (Å²) in [6.45, 7) is 15.6. The van der Waals surface area contributed by atoms with Gasteiger partial charge in [0.05, 0.1) is 6.54 Å². The van der Waals surface area contributed by atoms with Crippen LogP contribution in [0.1, 0.15) is 78.6 Å². The number of piperazine rings is 1. The van der Waals surface area contributed by atoms with Crippen LogP contribution >= 0.6 is 0 Å². The topological polar surface area (TPSA) is 72.9 Å². The first-order valence-corrected chi connectivity index (χ1v) is 18.5. The second-order valence-electron chi connectivity index (χ2n) is 16.3. The molecule has 0 aromatic carbocycles. The molecule has 5 fully saturated rings. The lowest BCUT2D eigenvalue weighted by Gasteiger charge is -2.54. The molecule has 46 heavy (non-hydrogen) atoms. The van der Waals surface area contributed by atoms with E-state index in [2.05, 4.69) is 58.6 Å². The summed E-state index contributed by atoms with van der Waals surface area (Å²) in [5.74, 6) is 5.86. The number of allylic oxidation sites excluding steroid dienone is 4. The molecule has 8 heteroatoms. The van der Waals surface area contributed by atoms with Gasteiger partial charge in [0.15, 0.2) is 11.6 Å². The van der Waals surface area contributed by atoms with Gasteiger partial charge in [0.1, 0.15) is 11.6 Å². The highest BCUT2D eigenvalue weighted by molar-refractivity contribution is 5.91. The third-order valence-corrected chi connectivity index (χ3v) is 13.7. The Morgan fingerprint density at radius 3 is 2.24 bits per heavy atom. The molecule has 2 unspecified atom stereocenters. The smallest absolute Gasteiger partial charge is 0.229 e. The minimum atomic E-state index is 0.0112. The molecule has 0 bridgehead atoms. The van der Waals surface area contributed by atoms with Crippen LogP contribution in [0.15, 0.2) is 29.9 Å². The Bertz CT molecular complexity index is 1390. The van der Waals surface area contributed by atoms with E-state index in [1.54, 1.807) is 5.57 Å². The van der Waals surface area contributed by atoms with Crippen molar-refractivity contribution in [3.05, 3.63) is 29.9 Å². The summed E-state index contributed by atoms with van der Waals surface area (Å²) >= 11 is 0. The molecule has 2 saturated carbocycles. The summed E-state index contributed by atoms with van der Waals surface area (Å²) in [4.78, 5) is 46.2. The first-order chi connectivity index (χ1) is 22.2. The largest absolute Gasteiger partial charge is 0.356 e. The molecular weight excluding hydrogens is 572 g/mol. The standard InChI is InChI=1S/C38H54N6O2/c1-26-22-31-29-9-8-27-23-28(45)10-12-37(27,2)30(29)11-13-38(31,3)35(26)32(46)25-41-18-20-43(21-19-41)34-24-33(42-14-4-5-15-42)39-36(40-34)44-16-6-7-17-44/h10-12,24,26-27,29,31,35H,4-9,13-23,25H2,1-3H3/t26?,27?,29-,31+,35-,37+,38+/m1/s1. The lowest BCUT2D eigenvalue weighted by molar-refractivity contribution is -0.129. The molecule has 7 aliphatic rings. The zero-order chi connectivity index (χ0) is 31.6. The molecule has 7 atom stereocenters. The first-order valence-electron chi connectivity index (χ1n) is 18.5. The van der Waals surface area contributed by atoms with Crippen LogP contribution in [0, 0.1) is 40.4 Å². The van der Waals surface area contributed by atoms with Gasteiger partial charge in [0, 0.05) is 76.2 Å². The van der Waals surface area contributed by atoms with Gasteiger partial charge < -0.3 is 14.7 Å². The molecular formula is C38H54N6O2. The molecule has 248 valence electrons. The zero-order valence-corrected chi connectivity index (χ0v) is 28.4. The van der Waals surface area contributed by atoms with Gasteiger partial charge in [-0.15, -0.1) is 0 Å². The van der Waals surface area contributed by atoms with Crippen LogP contribution < -0.4 is 14.7 Å². The number of Topliss-reactive ketones (excluding diaryl/α,β-unsaturated/α-hetero) is 1. The molecule has 8 rings (SSSR count). The quantitative estimate of drug-likeness (QED) is 0.382. The van der Waals surface area contributed by atoms with Crippen molar-refractivity contribution in [3.63, 3.8) is 0 Å². The van der Waals surface area contributed by atoms with Gasteiger partial charge in [0.25, 0.3) is 0 Å². The van der Waals surface area contributed by atoms with Crippen LogP contribution in [0.2, 0.25) is 0 Å². The number of anilines is 3. The molecule has 0 N–H and O–H groups in total. The van der Waals surface area contributed by atoms with E-state index in [0.717, 1.165) is 89.2 Å². The van der Waals surface area contributed by atoms with E-state index in [4.69, 9.17) is 9.97 Å². The Morgan fingerprint density at radius 2 is 1.54 bits per heavy atom. The molecule has 8 nitrogen and oxygen atoms in total.